The summed E-state index contributed by atoms with van der Waals surface area (Å²) in [6.45, 7) is 4.81. The molecule has 72 valence electrons. The zero-order valence-corrected chi connectivity index (χ0v) is 8.86. The van der Waals surface area contributed by atoms with Gasteiger partial charge in [0, 0.05) is 0 Å². The predicted octanol–water partition coefficient (Wildman–Crippen LogP) is 4.54. The summed E-state index contributed by atoms with van der Waals surface area (Å²) >= 11 is 0. The molecule has 0 heterocycles. The zero-order valence-electron chi connectivity index (χ0n) is 8.86. The topological polar surface area (TPSA) is 0 Å². The van der Waals surface area contributed by atoms with Crippen LogP contribution in [0, 0.1) is 5.41 Å². The molecule has 0 heteroatoms. The van der Waals surface area contributed by atoms with E-state index in [1.165, 1.54) is 57.8 Å². The van der Waals surface area contributed by atoms with E-state index in [2.05, 4.69) is 13.8 Å². The molecule has 0 saturated heterocycles. The van der Waals surface area contributed by atoms with E-state index < -0.39 is 0 Å². The first kappa shape index (κ1) is 10.1. The van der Waals surface area contributed by atoms with Crippen molar-refractivity contribution in [3.05, 3.63) is 0 Å². The third-order valence-electron chi connectivity index (χ3n) is 3.44. The van der Waals surface area contributed by atoms with Crippen molar-refractivity contribution in [3.8, 4) is 0 Å². The average molecular weight is 168 g/mol. The second-order valence-electron chi connectivity index (χ2n) is 4.83. The Labute approximate surface area is 77.7 Å². The second kappa shape index (κ2) is 4.89. The summed E-state index contributed by atoms with van der Waals surface area (Å²) in [4.78, 5) is 0. The van der Waals surface area contributed by atoms with Gasteiger partial charge in [-0.2, -0.15) is 0 Å². The molecule has 0 bridgehead atoms. The van der Waals surface area contributed by atoms with Crippen molar-refractivity contribution < 1.29 is 0 Å². The van der Waals surface area contributed by atoms with Crippen molar-refractivity contribution in [3.63, 3.8) is 0 Å². The lowest BCUT2D eigenvalue weighted by molar-refractivity contribution is 0.247. The predicted molar refractivity (Wildman–Crippen MR) is 55.3 cm³/mol. The molecule has 0 nitrogen and oxygen atoms in total. The minimum atomic E-state index is 0.715. The highest BCUT2D eigenvalue weighted by atomic mass is 14.3. The molecule has 0 N–H and O–H groups in total. The molecule has 1 aliphatic carbocycles. The van der Waals surface area contributed by atoms with Gasteiger partial charge in [-0.05, 0) is 24.7 Å². The van der Waals surface area contributed by atoms with Crippen LogP contribution in [0.5, 0.6) is 0 Å². The molecular weight excluding hydrogens is 144 g/mol. The van der Waals surface area contributed by atoms with Gasteiger partial charge in [-0.15, -0.1) is 0 Å². The highest BCUT2D eigenvalue weighted by Crippen LogP contribution is 2.38. The lowest BCUT2D eigenvalue weighted by atomic mass is 9.78. The van der Waals surface area contributed by atoms with E-state index >= 15 is 0 Å². The minimum absolute atomic E-state index is 0.715. The molecular formula is C12H24. The fourth-order valence-electron chi connectivity index (χ4n) is 2.44. The highest BCUT2D eigenvalue weighted by molar-refractivity contribution is 4.76. The number of unbranched alkanes of at least 4 members (excludes halogenated alkanes) is 1. The van der Waals surface area contributed by atoms with Gasteiger partial charge in [0.15, 0.2) is 0 Å². The Morgan fingerprint density at radius 1 is 1.00 bits per heavy atom. The number of hydrogen-bond donors (Lipinski definition) is 0. The van der Waals surface area contributed by atoms with E-state index in [0.717, 1.165) is 0 Å². The van der Waals surface area contributed by atoms with Gasteiger partial charge in [0.25, 0.3) is 0 Å². The summed E-state index contributed by atoms with van der Waals surface area (Å²) in [5, 5.41) is 0. The molecule has 0 aromatic carbocycles. The first-order valence-electron chi connectivity index (χ1n) is 5.77. The first-order chi connectivity index (χ1) is 5.77. The van der Waals surface area contributed by atoms with E-state index in [-0.39, 0.29) is 0 Å². The molecule has 0 amide bonds. The lowest BCUT2D eigenvalue weighted by Crippen LogP contribution is -2.14. The third-order valence-corrected chi connectivity index (χ3v) is 3.44. The van der Waals surface area contributed by atoms with E-state index in [0.29, 0.717) is 5.41 Å². The fraction of sp³-hybridized carbons (Fsp3) is 1.00. The monoisotopic (exact) mass is 168 g/mol. The summed E-state index contributed by atoms with van der Waals surface area (Å²) in [5.41, 5.74) is 0.715. The van der Waals surface area contributed by atoms with Crippen LogP contribution in [-0.4, -0.2) is 0 Å². The largest absolute Gasteiger partial charge is 0.0654 e. The highest BCUT2D eigenvalue weighted by Gasteiger charge is 2.24. The molecule has 0 aromatic heterocycles. The van der Waals surface area contributed by atoms with Crippen LogP contribution in [0.3, 0.4) is 0 Å². The Morgan fingerprint density at radius 2 is 1.58 bits per heavy atom. The fourth-order valence-corrected chi connectivity index (χ4v) is 2.44. The summed E-state index contributed by atoms with van der Waals surface area (Å²) < 4.78 is 0. The number of hydrogen-bond acceptors (Lipinski definition) is 0. The molecule has 1 rings (SSSR count). The maximum Gasteiger partial charge on any atom is -0.0326 e. The average Bonchev–Trinajstić information content (AvgIpc) is 2.27. The van der Waals surface area contributed by atoms with Gasteiger partial charge in [-0.25, -0.2) is 0 Å². The maximum atomic E-state index is 2.51. The Bertz CT molecular complexity index is 107. The van der Waals surface area contributed by atoms with Crippen molar-refractivity contribution in [1.29, 1.82) is 0 Å². The van der Waals surface area contributed by atoms with Crippen LogP contribution < -0.4 is 0 Å². The van der Waals surface area contributed by atoms with Crippen LogP contribution in [0.1, 0.15) is 71.6 Å². The van der Waals surface area contributed by atoms with E-state index in [9.17, 15) is 0 Å². The van der Waals surface area contributed by atoms with Crippen LogP contribution in [-0.2, 0) is 0 Å². The smallest absolute Gasteiger partial charge is 0.0326 e. The molecule has 0 atom stereocenters. The molecule has 0 radical (unpaired) electrons. The Balaban J connectivity index is 2.32. The van der Waals surface area contributed by atoms with Gasteiger partial charge in [0.05, 0.1) is 0 Å². The summed E-state index contributed by atoms with van der Waals surface area (Å²) in [5.74, 6) is 0. The van der Waals surface area contributed by atoms with Crippen LogP contribution in [0.4, 0.5) is 0 Å². The van der Waals surface area contributed by atoms with Gasteiger partial charge < -0.3 is 0 Å². The van der Waals surface area contributed by atoms with Crippen LogP contribution in [0.25, 0.3) is 0 Å². The molecule has 1 aliphatic rings. The summed E-state index contributed by atoms with van der Waals surface area (Å²) in [6, 6.07) is 0. The first-order valence-corrected chi connectivity index (χ1v) is 5.77. The molecule has 0 spiro atoms. The van der Waals surface area contributed by atoms with Gasteiger partial charge >= 0.3 is 0 Å². The SMILES string of the molecule is CCCCC1(C)CCCCCC1. The van der Waals surface area contributed by atoms with Crippen LogP contribution >= 0.6 is 0 Å². The van der Waals surface area contributed by atoms with Gasteiger partial charge in [0.2, 0.25) is 0 Å². The third kappa shape index (κ3) is 3.16. The van der Waals surface area contributed by atoms with Gasteiger partial charge in [-0.3, -0.25) is 0 Å². The normalized spacial score (nSPS) is 23.5. The molecule has 12 heavy (non-hydrogen) atoms. The molecule has 0 unspecified atom stereocenters. The summed E-state index contributed by atoms with van der Waals surface area (Å²) in [6.07, 6.45) is 13.2. The van der Waals surface area contributed by atoms with Gasteiger partial charge in [0.1, 0.15) is 0 Å². The van der Waals surface area contributed by atoms with E-state index in [4.69, 9.17) is 0 Å². The zero-order chi connectivity index (χ0) is 8.86. The van der Waals surface area contributed by atoms with Crippen molar-refractivity contribution in [1.82, 2.24) is 0 Å². The van der Waals surface area contributed by atoms with Gasteiger partial charge in [-0.1, -0.05) is 52.4 Å². The Kier molecular flexibility index (Phi) is 4.11. The standard InChI is InChI=1S/C12H24/c1-3-4-9-12(2)10-7-5-6-8-11-12/h3-11H2,1-2H3. The molecule has 0 aromatic rings. The summed E-state index contributed by atoms with van der Waals surface area (Å²) in [7, 11) is 0. The van der Waals surface area contributed by atoms with E-state index in [1.807, 2.05) is 0 Å². The lowest BCUT2D eigenvalue weighted by Gasteiger charge is -2.27. The minimum Gasteiger partial charge on any atom is -0.0654 e. The van der Waals surface area contributed by atoms with Crippen molar-refractivity contribution >= 4 is 0 Å². The second-order valence-corrected chi connectivity index (χ2v) is 4.83. The van der Waals surface area contributed by atoms with Crippen molar-refractivity contribution in [2.24, 2.45) is 5.41 Å². The van der Waals surface area contributed by atoms with E-state index in [1.54, 1.807) is 0 Å². The van der Waals surface area contributed by atoms with Crippen LogP contribution in [0.15, 0.2) is 0 Å². The molecule has 1 fully saturated rings. The molecule has 0 aliphatic heterocycles. The Morgan fingerprint density at radius 3 is 2.08 bits per heavy atom. The maximum absolute atomic E-state index is 2.51. The van der Waals surface area contributed by atoms with Crippen molar-refractivity contribution in [2.75, 3.05) is 0 Å². The number of rotatable bonds is 3. The van der Waals surface area contributed by atoms with Crippen LogP contribution in [0.2, 0.25) is 0 Å². The molecule has 1 saturated carbocycles. The quantitative estimate of drug-likeness (QED) is 0.543. The Hall–Kier alpha value is 0. The van der Waals surface area contributed by atoms with Crippen molar-refractivity contribution in [2.45, 2.75) is 71.6 Å².